The second-order valence-corrected chi connectivity index (χ2v) is 4.46. The van der Waals surface area contributed by atoms with E-state index in [4.69, 9.17) is 0 Å². The van der Waals surface area contributed by atoms with Gasteiger partial charge in [0.25, 0.3) is 5.56 Å². The van der Waals surface area contributed by atoms with Crippen molar-refractivity contribution in [2.45, 2.75) is 32.7 Å². The third kappa shape index (κ3) is 2.19. The van der Waals surface area contributed by atoms with E-state index >= 15 is 0 Å². The van der Waals surface area contributed by atoms with Crippen LogP contribution in [0.4, 0.5) is 5.82 Å². The highest BCUT2D eigenvalue weighted by Crippen LogP contribution is 2.32. The summed E-state index contributed by atoms with van der Waals surface area (Å²) >= 11 is 0. The van der Waals surface area contributed by atoms with E-state index in [0.29, 0.717) is 17.8 Å². The number of aromatic nitrogens is 2. The Morgan fingerprint density at radius 1 is 1.47 bits per heavy atom. The highest BCUT2D eigenvalue weighted by atomic mass is 16.1. The zero-order chi connectivity index (χ0) is 10.8. The second kappa shape index (κ2) is 4.04. The van der Waals surface area contributed by atoms with Gasteiger partial charge in [-0.2, -0.15) is 0 Å². The minimum absolute atomic E-state index is 0.105. The molecular weight excluding hydrogens is 190 g/mol. The van der Waals surface area contributed by atoms with Gasteiger partial charge in [0, 0.05) is 12.1 Å². The number of nitrogens with one attached hydrogen (secondary N) is 2. The maximum Gasteiger partial charge on any atom is 0.252 e. The van der Waals surface area contributed by atoms with Crippen LogP contribution in [0.25, 0.3) is 0 Å². The van der Waals surface area contributed by atoms with Crippen LogP contribution in [0.2, 0.25) is 0 Å². The first kappa shape index (κ1) is 10.2. The molecule has 1 aliphatic rings. The maximum atomic E-state index is 11.1. The van der Waals surface area contributed by atoms with Crippen molar-refractivity contribution in [3.05, 3.63) is 22.7 Å². The molecule has 2 N–H and O–H groups in total. The van der Waals surface area contributed by atoms with E-state index in [0.717, 1.165) is 12.3 Å². The maximum absolute atomic E-state index is 11.1. The fourth-order valence-corrected chi connectivity index (χ4v) is 2.21. The molecule has 0 amide bonds. The largest absolute Gasteiger partial charge is 0.367 e. The molecular formula is C11H17N3O. The molecule has 0 spiro atoms. The molecule has 0 aliphatic heterocycles. The smallest absolute Gasteiger partial charge is 0.252 e. The number of H-pyrrole nitrogens is 1. The fourth-order valence-electron chi connectivity index (χ4n) is 2.21. The molecule has 82 valence electrons. The lowest BCUT2D eigenvalue weighted by atomic mass is 9.98. The summed E-state index contributed by atoms with van der Waals surface area (Å²) in [5, 5.41) is 3.33. The lowest BCUT2D eigenvalue weighted by Gasteiger charge is -2.19. The summed E-state index contributed by atoms with van der Waals surface area (Å²) in [6.07, 6.45) is 3.85. The summed E-state index contributed by atoms with van der Waals surface area (Å²) in [7, 11) is 0. The summed E-state index contributed by atoms with van der Waals surface area (Å²) in [4.78, 5) is 17.7. The van der Waals surface area contributed by atoms with Crippen LogP contribution in [-0.2, 0) is 0 Å². The molecule has 0 aromatic carbocycles. The van der Waals surface area contributed by atoms with Gasteiger partial charge >= 0.3 is 0 Å². The first-order valence-electron chi connectivity index (χ1n) is 5.48. The van der Waals surface area contributed by atoms with Crippen LogP contribution in [0, 0.1) is 11.8 Å². The number of nitrogens with zero attached hydrogens (tertiary/aromatic N) is 1. The molecule has 0 bridgehead atoms. The predicted octanol–water partition coefficient (Wildman–Crippen LogP) is 1.62. The highest BCUT2D eigenvalue weighted by molar-refractivity contribution is 5.33. The molecule has 0 saturated heterocycles. The Morgan fingerprint density at radius 2 is 2.27 bits per heavy atom. The van der Waals surface area contributed by atoms with Crippen molar-refractivity contribution in [1.82, 2.24) is 9.97 Å². The Bertz CT molecular complexity index is 387. The van der Waals surface area contributed by atoms with E-state index in [-0.39, 0.29) is 5.56 Å². The van der Waals surface area contributed by atoms with Gasteiger partial charge in [0.15, 0.2) is 0 Å². The topological polar surface area (TPSA) is 57.8 Å². The minimum atomic E-state index is -0.105. The van der Waals surface area contributed by atoms with E-state index < -0.39 is 0 Å². The van der Waals surface area contributed by atoms with Gasteiger partial charge in [-0.3, -0.25) is 4.79 Å². The van der Waals surface area contributed by atoms with Gasteiger partial charge in [-0.25, -0.2) is 4.98 Å². The molecule has 2 rings (SSSR count). The van der Waals surface area contributed by atoms with Crippen molar-refractivity contribution in [2.75, 3.05) is 5.32 Å². The number of rotatable bonds is 2. The van der Waals surface area contributed by atoms with Crippen LogP contribution >= 0.6 is 0 Å². The summed E-state index contributed by atoms with van der Waals surface area (Å²) in [5.74, 6) is 2.08. The van der Waals surface area contributed by atoms with Crippen LogP contribution in [0.5, 0.6) is 0 Å². The molecule has 4 nitrogen and oxygen atoms in total. The lowest BCUT2D eigenvalue weighted by molar-refractivity contribution is 0.435. The number of anilines is 1. The van der Waals surface area contributed by atoms with E-state index in [1.54, 1.807) is 0 Å². The summed E-state index contributed by atoms with van der Waals surface area (Å²) in [6, 6.07) is 1.96. The summed E-state index contributed by atoms with van der Waals surface area (Å²) in [5.41, 5.74) is -0.105. The number of aromatic amines is 1. The molecule has 3 unspecified atom stereocenters. The summed E-state index contributed by atoms with van der Waals surface area (Å²) < 4.78 is 0. The molecule has 1 aliphatic carbocycles. The van der Waals surface area contributed by atoms with Gasteiger partial charge in [0.05, 0.1) is 6.33 Å². The molecule has 3 atom stereocenters. The van der Waals surface area contributed by atoms with Gasteiger partial charge < -0.3 is 10.3 Å². The van der Waals surface area contributed by atoms with Gasteiger partial charge in [-0.05, 0) is 24.7 Å². The summed E-state index contributed by atoms with van der Waals surface area (Å²) in [6.45, 7) is 4.53. The van der Waals surface area contributed by atoms with Gasteiger partial charge in [0.1, 0.15) is 5.82 Å². The van der Waals surface area contributed by atoms with Crippen molar-refractivity contribution < 1.29 is 0 Å². The Hall–Kier alpha value is -1.32. The van der Waals surface area contributed by atoms with Crippen molar-refractivity contribution in [3.8, 4) is 0 Å². The van der Waals surface area contributed by atoms with E-state index in [1.165, 1.54) is 18.8 Å². The van der Waals surface area contributed by atoms with Gasteiger partial charge in [-0.15, -0.1) is 0 Å². The Balaban J connectivity index is 2.06. The SMILES string of the molecule is CC1CCC(Nc2cc(=O)[nH]cn2)C1C. The average molecular weight is 207 g/mol. The quantitative estimate of drug-likeness (QED) is 0.774. The standard InChI is InChI=1S/C11H17N3O/c1-7-3-4-9(8(7)2)14-10-5-11(15)13-6-12-10/h5-9H,3-4H2,1-2H3,(H2,12,13,14,15). The van der Waals surface area contributed by atoms with Crippen molar-refractivity contribution >= 4 is 5.82 Å². The first-order chi connectivity index (χ1) is 7.16. The number of hydrogen-bond acceptors (Lipinski definition) is 3. The normalized spacial score (nSPS) is 30.4. The number of hydrogen-bond donors (Lipinski definition) is 2. The van der Waals surface area contributed by atoms with Gasteiger partial charge in [0.2, 0.25) is 0 Å². The van der Waals surface area contributed by atoms with Gasteiger partial charge in [-0.1, -0.05) is 13.8 Å². The molecule has 1 aromatic heterocycles. The molecule has 1 fully saturated rings. The zero-order valence-electron chi connectivity index (χ0n) is 9.16. The van der Waals surface area contributed by atoms with E-state index in [1.807, 2.05) is 0 Å². The average Bonchev–Trinajstić information content (AvgIpc) is 2.50. The minimum Gasteiger partial charge on any atom is -0.367 e. The van der Waals surface area contributed by atoms with Crippen LogP contribution in [0.15, 0.2) is 17.2 Å². The predicted molar refractivity (Wildman–Crippen MR) is 59.8 cm³/mol. The van der Waals surface area contributed by atoms with Crippen LogP contribution < -0.4 is 10.9 Å². The Morgan fingerprint density at radius 3 is 2.87 bits per heavy atom. The lowest BCUT2D eigenvalue weighted by Crippen LogP contribution is -2.25. The Kier molecular flexibility index (Phi) is 2.75. The fraction of sp³-hybridized carbons (Fsp3) is 0.636. The van der Waals surface area contributed by atoms with Crippen LogP contribution in [-0.4, -0.2) is 16.0 Å². The van der Waals surface area contributed by atoms with Crippen molar-refractivity contribution in [3.63, 3.8) is 0 Å². The highest BCUT2D eigenvalue weighted by Gasteiger charge is 2.29. The molecule has 4 heteroatoms. The molecule has 1 heterocycles. The third-order valence-corrected chi connectivity index (χ3v) is 3.48. The molecule has 1 saturated carbocycles. The molecule has 0 radical (unpaired) electrons. The van der Waals surface area contributed by atoms with Crippen LogP contribution in [0.3, 0.4) is 0 Å². The second-order valence-electron chi connectivity index (χ2n) is 4.46. The Labute approximate surface area is 89.1 Å². The van der Waals surface area contributed by atoms with E-state index in [2.05, 4.69) is 29.1 Å². The van der Waals surface area contributed by atoms with Crippen molar-refractivity contribution in [1.29, 1.82) is 0 Å². The first-order valence-corrected chi connectivity index (χ1v) is 5.48. The molecule has 15 heavy (non-hydrogen) atoms. The molecule has 1 aromatic rings. The van der Waals surface area contributed by atoms with Crippen molar-refractivity contribution in [2.24, 2.45) is 11.8 Å². The van der Waals surface area contributed by atoms with E-state index in [9.17, 15) is 4.79 Å². The third-order valence-electron chi connectivity index (χ3n) is 3.48. The monoisotopic (exact) mass is 207 g/mol. The zero-order valence-corrected chi connectivity index (χ0v) is 9.16. The van der Waals surface area contributed by atoms with Crippen LogP contribution in [0.1, 0.15) is 26.7 Å².